The van der Waals surface area contributed by atoms with E-state index in [4.69, 9.17) is 23.4 Å². The van der Waals surface area contributed by atoms with Gasteiger partial charge in [0.2, 0.25) is 11.2 Å². The van der Waals surface area contributed by atoms with Gasteiger partial charge in [-0.3, -0.25) is 4.79 Å². The van der Waals surface area contributed by atoms with Crippen LogP contribution in [-0.4, -0.2) is 32.9 Å². The van der Waals surface area contributed by atoms with Crippen LogP contribution in [-0.2, 0) is 15.7 Å². The first-order valence-corrected chi connectivity index (χ1v) is 10.4. The van der Waals surface area contributed by atoms with Crippen LogP contribution in [0.1, 0.15) is 26.0 Å². The zero-order chi connectivity index (χ0) is 25.0. The minimum absolute atomic E-state index is 0.0469. The molecule has 1 atom stereocenters. The number of ether oxygens (including phenoxy) is 4. The Morgan fingerprint density at radius 2 is 1.74 bits per heavy atom. The maximum Gasteiger partial charge on any atom is 0.450 e. The summed E-state index contributed by atoms with van der Waals surface area (Å²) in [7, 11) is 2.71. The van der Waals surface area contributed by atoms with Gasteiger partial charge in [-0.05, 0) is 43.2 Å². The van der Waals surface area contributed by atoms with Gasteiger partial charge < -0.3 is 23.4 Å². The van der Waals surface area contributed by atoms with Crippen molar-refractivity contribution in [1.82, 2.24) is 0 Å². The maximum absolute atomic E-state index is 13.9. The van der Waals surface area contributed by atoms with Crippen LogP contribution in [0, 0.1) is 0 Å². The van der Waals surface area contributed by atoms with Gasteiger partial charge >= 0.3 is 12.1 Å². The van der Waals surface area contributed by atoms with E-state index in [1.807, 2.05) is 0 Å². The van der Waals surface area contributed by atoms with Crippen molar-refractivity contribution in [2.24, 2.45) is 0 Å². The molecular formula is C24H23F3O7. The molecule has 0 spiro atoms. The van der Waals surface area contributed by atoms with E-state index in [9.17, 15) is 22.8 Å². The van der Waals surface area contributed by atoms with Gasteiger partial charge in [-0.1, -0.05) is 13.0 Å². The largest absolute Gasteiger partial charge is 0.493 e. The molecule has 2 aromatic carbocycles. The lowest BCUT2D eigenvalue weighted by Crippen LogP contribution is -2.28. The molecule has 1 heterocycles. The molecule has 0 radical (unpaired) electrons. The van der Waals surface area contributed by atoms with Crippen molar-refractivity contribution in [1.29, 1.82) is 0 Å². The molecule has 0 fully saturated rings. The van der Waals surface area contributed by atoms with Crippen LogP contribution in [0.3, 0.4) is 0 Å². The zero-order valence-electron chi connectivity index (χ0n) is 18.9. The minimum Gasteiger partial charge on any atom is -0.493 e. The van der Waals surface area contributed by atoms with Crippen molar-refractivity contribution in [3.05, 3.63) is 52.4 Å². The lowest BCUT2D eigenvalue weighted by Gasteiger charge is -2.17. The van der Waals surface area contributed by atoms with E-state index in [0.29, 0.717) is 5.75 Å². The third-order valence-corrected chi connectivity index (χ3v) is 4.99. The van der Waals surface area contributed by atoms with Crippen LogP contribution in [0.15, 0.2) is 45.6 Å². The van der Waals surface area contributed by atoms with Crippen molar-refractivity contribution < 1.29 is 41.3 Å². The molecule has 3 rings (SSSR count). The molecule has 0 saturated carbocycles. The molecule has 0 N–H and O–H groups in total. The summed E-state index contributed by atoms with van der Waals surface area (Å²) in [5.74, 6) is -1.57. The summed E-state index contributed by atoms with van der Waals surface area (Å²) in [6.45, 7) is 3.49. The van der Waals surface area contributed by atoms with Crippen molar-refractivity contribution in [3.8, 4) is 28.4 Å². The number of carbonyl (C=O) groups is 1. The first-order valence-electron chi connectivity index (χ1n) is 10.4. The molecule has 0 aliphatic rings. The normalized spacial score (nSPS) is 12.3. The van der Waals surface area contributed by atoms with Crippen LogP contribution in [0.4, 0.5) is 13.2 Å². The number of hydrogen-bond acceptors (Lipinski definition) is 7. The number of hydrogen-bond donors (Lipinski definition) is 0. The Bertz CT molecular complexity index is 1250. The van der Waals surface area contributed by atoms with Crippen molar-refractivity contribution in [2.45, 2.75) is 32.5 Å². The SMILES string of the molecule is CCOC(=O)[C@@H](CC)Oc1ccc2c(=O)c(-c3ccc(OC)c(OC)c3)c(C(F)(F)F)oc2c1. The Morgan fingerprint density at radius 3 is 2.32 bits per heavy atom. The predicted octanol–water partition coefficient (Wildman–Crippen LogP) is 5.22. The van der Waals surface area contributed by atoms with E-state index in [1.54, 1.807) is 13.8 Å². The molecule has 10 heteroatoms. The second-order valence-corrected chi connectivity index (χ2v) is 7.13. The highest BCUT2D eigenvalue weighted by Gasteiger charge is 2.39. The molecule has 0 aliphatic heterocycles. The number of benzene rings is 2. The number of rotatable bonds is 8. The van der Waals surface area contributed by atoms with Gasteiger partial charge in [-0.15, -0.1) is 0 Å². The summed E-state index contributed by atoms with van der Waals surface area (Å²) in [6, 6.07) is 7.80. The van der Waals surface area contributed by atoms with Crippen LogP contribution >= 0.6 is 0 Å². The Kier molecular flexibility index (Phi) is 7.38. The first-order chi connectivity index (χ1) is 16.1. The van der Waals surface area contributed by atoms with Gasteiger partial charge in [-0.25, -0.2) is 4.79 Å². The molecule has 34 heavy (non-hydrogen) atoms. The Morgan fingerprint density at radius 1 is 1.03 bits per heavy atom. The average Bonchev–Trinajstić information content (AvgIpc) is 2.81. The third-order valence-electron chi connectivity index (χ3n) is 4.99. The Labute approximate surface area is 193 Å². The number of methoxy groups -OCH3 is 2. The second-order valence-electron chi connectivity index (χ2n) is 7.13. The quantitative estimate of drug-likeness (QED) is 0.409. The molecule has 0 amide bonds. The summed E-state index contributed by atoms with van der Waals surface area (Å²) < 4.78 is 67.8. The second kappa shape index (κ2) is 10.1. The van der Waals surface area contributed by atoms with E-state index < -0.39 is 35.0 Å². The van der Waals surface area contributed by atoms with Crippen LogP contribution in [0.5, 0.6) is 17.2 Å². The Hall–Kier alpha value is -3.69. The van der Waals surface area contributed by atoms with E-state index in [2.05, 4.69) is 0 Å². The molecule has 0 aliphatic carbocycles. The van der Waals surface area contributed by atoms with Gasteiger partial charge in [0.05, 0.1) is 31.8 Å². The monoisotopic (exact) mass is 480 g/mol. The number of halogens is 3. The van der Waals surface area contributed by atoms with Crippen molar-refractivity contribution in [3.63, 3.8) is 0 Å². The van der Waals surface area contributed by atoms with Gasteiger partial charge in [0, 0.05) is 6.07 Å². The highest BCUT2D eigenvalue weighted by atomic mass is 19.4. The number of carbonyl (C=O) groups excluding carboxylic acids is 1. The van der Waals surface area contributed by atoms with Crippen LogP contribution < -0.4 is 19.6 Å². The van der Waals surface area contributed by atoms with Crippen LogP contribution in [0.2, 0.25) is 0 Å². The zero-order valence-corrected chi connectivity index (χ0v) is 18.9. The molecule has 3 aromatic rings. The highest BCUT2D eigenvalue weighted by Crippen LogP contribution is 2.40. The van der Waals surface area contributed by atoms with Crippen molar-refractivity contribution >= 4 is 16.9 Å². The fourth-order valence-electron chi connectivity index (χ4n) is 3.40. The standard InChI is InChI=1S/C24H23F3O7/c1-5-16(23(29)32-6-2)33-14-8-9-15-18(12-14)34-22(24(25,26)27)20(21(15)28)13-7-10-17(30-3)19(11-13)31-4/h7-12,16H,5-6H2,1-4H3/t16-/m1/s1. The summed E-state index contributed by atoms with van der Waals surface area (Å²) in [5.41, 5.74) is -1.93. The van der Waals surface area contributed by atoms with E-state index in [0.717, 1.165) is 6.07 Å². The smallest absolute Gasteiger partial charge is 0.450 e. The lowest BCUT2D eigenvalue weighted by atomic mass is 10.0. The summed E-state index contributed by atoms with van der Waals surface area (Å²) in [6.07, 6.45) is -5.66. The van der Waals surface area contributed by atoms with Crippen molar-refractivity contribution in [2.75, 3.05) is 20.8 Å². The molecule has 7 nitrogen and oxygen atoms in total. The number of fused-ring (bicyclic) bond motifs is 1. The predicted molar refractivity (Wildman–Crippen MR) is 117 cm³/mol. The lowest BCUT2D eigenvalue weighted by molar-refractivity contribution is -0.152. The van der Waals surface area contributed by atoms with Gasteiger partial charge in [0.1, 0.15) is 11.3 Å². The molecule has 182 valence electrons. The summed E-state index contributed by atoms with van der Waals surface area (Å²) >= 11 is 0. The van der Waals surface area contributed by atoms with Gasteiger partial charge in [0.25, 0.3) is 0 Å². The highest BCUT2D eigenvalue weighted by molar-refractivity contribution is 5.84. The fraction of sp³-hybridized carbons (Fsp3) is 0.333. The summed E-state index contributed by atoms with van der Waals surface area (Å²) in [5, 5.41) is -0.0886. The summed E-state index contributed by atoms with van der Waals surface area (Å²) in [4.78, 5) is 25.2. The third kappa shape index (κ3) is 4.95. The molecule has 0 unspecified atom stereocenters. The molecule has 0 saturated heterocycles. The number of alkyl halides is 3. The minimum atomic E-state index is -4.97. The Balaban J connectivity index is 2.17. The first kappa shape index (κ1) is 24.9. The topological polar surface area (TPSA) is 84.2 Å². The molecule has 1 aromatic heterocycles. The van der Waals surface area contributed by atoms with E-state index in [-0.39, 0.29) is 41.1 Å². The average molecular weight is 480 g/mol. The van der Waals surface area contributed by atoms with E-state index >= 15 is 0 Å². The maximum atomic E-state index is 13.9. The van der Waals surface area contributed by atoms with Gasteiger partial charge in [-0.2, -0.15) is 13.2 Å². The fourth-order valence-corrected chi connectivity index (χ4v) is 3.40. The molecule has 0 bridgehead atoms. The number of esters is 1. The molecular weight excluding hydrogens is 457 g/mol. The van der Waals surface area contributed by atoms with Crippen LogP contribution in [0.25, 0.3) is 22.1 Å². The van der Waals surface area contributed by atoms with Gasteiger partial charge in [0.15, 0.2) is 17.6 Å². The van der Waals surface area contributed by atoms with E-state index in [1.165, 1.54) is 44.6 Å².